The summed E-state index contributed by atoms with van der Waals surface area (Å²) in [7, 11) is 4.06. The fourth-order valence-electron chi connectivity index (χ4n) is 3.80. The van der Waals surface area contributed by atoms with Crippen molar-refractivity contribution >= 4 is 0 Å². The molecule has 4 heterocycles. The number of fused-ring (bicyclic) bond motifs is 1. The molecule has 2 aromatic heterocycles. The molecule has 5 rings (SSSR count). The third-order valence-corrected chi connectivity index (χ3v) is 5.18. The van der Waals surface area contributed by atoms with Crippen LogP contribution in [0, 0.1) is 0 Å². The summed E-state index contributed by atoms with van der Waals surface area (Å²) in [5.74, 6) is 3.53. The molecular weight excluding hydrogens is 344 g/mol. The molecule has 8 heteroatoms. The fourth-order valence-corrected chi connectivity index (χ4v) is 3.80. The number of ether oxygens (including phenoxy) is 2. The summed E-state index contributed by atoms with van der Waals surface area (Å²) in [5, 5.41) is 9.17. The summed E-state index contributed by atoms with van der Waals surface area (Å²) in [6, 6.07) is 5.89. The second-order valence-corrected chi connectivity index (χ2v) is 7.25. The molecule has 0 amide bonds. The standard InChI is InChI=1S/C19H22N6O2/c1-23-7-3-4-14(10-23)18-21-19(25(22-18)15-9-20-24(2)11-15)13-5-6-16-17(8-13)27-12-26-16/h5-6,8-9,11,14H,3-4,7,10,12H2,1-2H3. The third-order valence-electron chi connectivity index (χ3n) is 5.18. The highest BCUT2D eigenvalue weighted by Crippen LogP contribution is 2.36. The predicted molar refractivity (Wildman–Crippen MR) is 99.2 cm³/mol. The minimum atomic E-state index is 0.258. The van der Waals surface area contributed by atoms with Crippen LogP contribution in [0.1, 0.15) is 24.6 Å². The van der Waals surface area contributed by atoms with Crippen LogP contribution in [0.15, 0.2) is 30.6 Å². The smallest absolute Gasteiger partial charge is 0.231 e. The molecule has 2 aliphatic heterocycles. The lowest BCUT2D eigenvalue weighted by molar-refractivity contribution is 0.174. The molecule has 1 fully saturated rings. The highest BCUT2D eigenvalue weighted by Gasteiger charge is 2.26. The molecule has 0 spiro atoms. The lowest BCUT2D eigenvalue weighted by atomic mass is 9.98. The number of rotatable bonds is 3. The largest absolute Gasteiger partial charge is 0.454 e. The van der Waals surface area contributed by atoms with Crippen molar-refractivity contribution in [2.24, 2.45) is 7.05 Å². The normalized spacial score (nSPS) is 19.6. The minimum Gasteiger partial charge on any atom is -0.454 e. The molecular formula is C19H22N6O2. The van der Waals surface area contributed by atoms with Gasteiger partial charge in [-0.2, -0.15) is 10.2 Å². The number of hydrogen-bond acceptors (Lipinski definition) is 6. The van der Waals surface area contributed by atoms with Gasteiger partial charge < -0.3 is 14.4 Å². The Morgan fingerprint density at radius 1 is 1.15 bits per heavy atom. The number of benzene rings is 1. The summed E-state index contributed by atoms with van der Waals surface area (Å²) >= 11 is 0. The molecule has 0 aliphatic carbocycles. The molecule has 27 heavy (non-hydrogen) atoms. The Hall–Kier alpha value is -2.87. The highest BCUT2D eigenvalue weighted by atomic mass is 16.7. The van der Waals surface area contributed by atoms with Crippen molar-refractivity contribution < 1.29 is 9.47 Å². The van der Waals surface area contributed by atoms with E-state index >= 15 is 0 Å². The monoisotopic (exact) mass is 366 g/mol. The van der Waals surface area contributed by atoms with Crippen molar-refractivity contribution in [2.75, 3.05) is 26.9 Å². The number of aromatic nitrogens is 5. The number of likely N-dealkylation sites (tertiary alicyclic amines) is 1. The molecule has 0 saturated carbocycles. The van der Waals surface area contributed by atoms with Crippen LogP contribution >= 0.6 is 0 Å². The van der Waals surface area contributed by atoms with Crippen molar-refractivity contribution in [3.8, 4) is 28.6 Å². The first kappa shape index (κ1) is 16.3. The van der Waals surface area contributed by atoms with Crippen LogP contribution in [-0.2, 0) is 7.05 Å². The van der Waals surface area contributed by atoms with Gasteiger partial charge in [-0.05, 0) is 44.6 Å². The number of aryl methyl sites for hydroxylation is 1. The quantitative estimate of drug-likeness (QED) is 0.708. The summed E-state index contributed by atoms with van der Waals surface area (Å²) in [4.78, 5) is 7.29. The predicted octanol–water partition coefficient (Wildman–Crippen LogP) is 2.21. The maximum atomic E-state index is 5.54. The van der Waals surface area contributed by atoms with Gasteiger partial charge in [0.25, 0.3) is 0 Å². The summed E-state index contributed by atoms with van der Waals surface area (Å²) in [5.41, 5.74) is 1.85. The maximum absolute atomic E-state index is 5.54. The van der Waals surface area contributed by atoms with Crippen LogP contribution in [-0.4, -0.2) is 56.4 Å². The van der Waals surface area contributed by atoms with E-state index in [1.165, 1.54) is 6.42 Å². The lowest BCUT2D eigenvalue weighted by Crippen LogP contribution is -2.31. The van der Waals surface area contributed by atoms with Crippen LogP contribution in [0.25, 0.3) is 17.1 Å². The van der Waals surface area contributed by atoms with E-state index in [0.29, 0.717) is 5.92 Å². The Bertz CT molecular complexity index is 978. The van der Waals surface area contributed by atoms with Crippen molar-refractivity contribution in [1.29, 1.82) is 0 Å². The second kappa shape index (κ2) is 6.38. The maximum Gasteiger partial charge on any atom is 0.231 e. The van der Waals surface area contributed by atoms with E-state index in [4.69, 9.17) is 19.6 Å². The minimum absolute atomic E-state index is 0.258. The number of likely N-dealkylation sites (N-methyl/N-ethyl adjacent to an activating group) is 1. The Morgan fingerprint density at radius 2 is 2.04 bits per heavy atom. The van der Waals surface area contributed by atoms with Gasteiger partial charge in [-0.1, -0.05) is 0 Å². The molecule has 0 radical (unpaired) electrons. The van der Waals surface area contributed by atoms with Crippen LogP contribution in [0.5, 0.6) is 11.5 Å². The van der Waals surface area contributed by atoms with Crippen LogP contribution in [0.2, 0.25) is 0 Å². The Morgan fingerprint density at radius 3 is 2.85 bits per heavy atom. The topological polar surface area (TPSA) is 70.2 Å². The van der Waals surface area contributed by atoms with Gasteiger partial charge in [0.15, 0.2) is 23.1 Å². The van der Waals surface area contributed by atoms with Crippen molar-refractivity contribution in [2.45, 2.75) is 18.8 Å². The zero-order valence-corrected chi connectivity index (χ0v) is 15.5. The zero-order valence-electron chi connectivity index (χ0n) is 15.5. The van der Waals surface area contributed by atoms with E-state index in [0.717, 1.165) is 53.9 Å². The van der Waals surface area contributed by atoms with Crippen molar-refractivity contribution in [1.82, 2.24) is 29.4 Å². The van der Waals surface area contributed by atoms with Gasteiger partial charge in [0.2, 0.25) is 6.79 Å². The Balaban J connectivity index is 1.60. The Kier molecular flexibility index (Phi) is 3.86. The molecule has 2 aliphatic rings. The van der Waals surface area contributed by atoms with Gasteiger partial charge in [0.05, 0.1) is 12.4 Å². The van der Waals surface area contributed by atoms with E-state index < -0.39 is 0 Å². The van der Waals surface area contributed by atoms with Gasteiger partial charge in [-0.3, -0.25) is 4.68 Å². The molecule has 3 aromatic rings. The zero-order chi connectivity index (χ0) is 18.4. The van der Waals surface area contributed by atoms with Crippen molar-refractivity contribution in [3.05, 3.63) is 36.4 Å². The average molecular weight is 366 g/mol. The van der Waals surface area contributed by atoms with E-state index in [1.807, 2.05) is 42.3 Å². The highest BCUT2D eigenvalue weighted by molar-refractivity contribution is 5.63. The summed E-state index contributed by atoms with van der Waals surface area (Å²) in [6.07, 6.45) is 6.04. The first-order valence-electron chi connectivity index (χ1n) is 9.22. The number of piperidine rings is 1. The van der Waals surface area contributed by atoms with Gasteiger partial charge in [-0.15, -0.1) is 0 Å². The van der Waals surface area contributed by atoms with Gasteiger partial charge in [-0.25, -0.2) is 9.67 Å². The van der Waals surface area contributed by atoms with Crippen LogP contribution < -0.4 is 9.47 Å². The second-order valence-electron chi connectivity index (χ2n) is 7.25. The molecule has 0 N–H and O–H groups in total. The molecule has 0 bridgehead atoms. The SMILES string of the molecule is CN1CCCC(c2nc(-c3ccc4c(c3)OCO4)n(-c3cnn(C)c3)n2)C1. The lowest BCUT2D eigenvalue weighted by Gasteiger charge is -2.27. The molecule has 1 aromatic carbocycles. The number of nitrogens with zero attached hydrogens (tertiary/aromatic N) is 6. The van der Waals surface area contributed by atoms with Gasteiger partial charge >= 0.3 is 0 Å². The van der Waals surface area contributed by atoms with E-state index in [9.17, 15) is 0 Å². The molecule has 1 saturated heterocycles. The van der Waals surface area contributed by atoms with Crippen LogP contribution in [0.3, 0.4) is 0 Å². The first-order chi connectivity index (χ1) is 13.2. The van der Waals surface area contributed by atoms with E-state index in [2.05, 4.69) is 17.0 Å². The van der Waals surface area contributed by atoms with Crippen LogP contribution in [0.4, 0.5) is 0 Å². The molecule has 1 unspecified atom stereocenters. The first-order valence-corrected chi connectivity index (χ1v) is 9.22. The van der Waals surface area contributed by atoms with E-state index in [1.54, 1.807) is 4.68 Å². The molecule has 8 nitrogen and oxygen atoms in total. The third kappa shape index (κ3) is 2.95. The van der Waals surface area contributed by atoms with Gasteiger partial charge in [0.1, 0.15) is 5.69 Å². The van der Waals surface area contributed by atoms with E-state index in [-0.39, 0.29) is 6.79 Å². The summed E-state index contributed by atoms with van der Waals surface area (Å²) < 4.78 is 14.6. The number of hydrogen-bond donors (Lipinski definition) is 0. The average Bonchev–Trinajstić information content (AvgIpc) is 3.39. The summed E-state index contributed by atoms with van der Waals surface area (Å²) in [6.45, 7) is 2.38. The Labute approximate surface area is 157 Å². The van der Waals surface area contributed by atoms with Crippen molar-refractivity contribution in [3.63, 3.8) is 0 Å². The fraction of sp³-hybridized carbons (Fsp3) is 0.421. The van der Waals surface area contributed by atoms with Gasteiger partial charge in [0, 0.05) is 25.1 Å². The molecule has 140 valence electrons. The molecule has 1 atom stereocenters.